The van der Waals surface area contributed by atoms with E-state index in [1.165, 1.54) is 5.56 Å². The third kappa shape index (κ3) is 1.85. The van der Waals surface area contributed by atoms with E-state index < -0.39 is 0 Å². The molecule has 1 saturated heterocycles. The van der Waals surface area contributed by atoms with Gasteiger partial charge in [-0.05, 0) is 5.56 Å². The molecule has 4 heteroatoms. The van der Waals surface area contributed by atoms with Gasteiger partial charge in [0.05, 0.1) is 0 Å². The molecule has 2 nitrogen and oxygen atoms in total. The van der Waals surface area contributed by atoms with Crippen molar-refractivity contribution >= 4 is 28.3 Å². The van der Waals surface area contributed by atoms with Crippen LogP contribution in [0.4, 0.5) is 0 Å². The second-order valence-electron chi connectivity index (χ2n) is 2.89. The summed E-state index contributed by atoms with van der Waals surface area (Å²) in [5.41, 5.74) is 4.37. The van der Waals surface area contributed by atoms with Crippen LogP contribution in [0.1, 0.15) is 10.9 Å². The van der Waals surface area contributed by atoms with E-state index in [4.69, 9.17) is 12.2 Å². The molecule has 1 aromatic carbocycles. The van der Waals surface area contributed by atoms with Crippen LogP contribution in [0, 0.1) is 0 Å². The van der Waals surface area contributed by atoms with Crippen molar-refractivity contribution in [2.75, 3.05) is 7.05 Å². The Morgan fingerprint density at radius 2 is 2.08 bits per heavy atom. The molecule has 0 saturated carbocycles. The van der Waals surface area contributed by atoms with Gasteiger partial charge in [0.1, 0.15) is 9.69 Å². The topological polar surface area (TPSA) is 15.3 Å². The first-order chi connectivity index (χ1) is 6.27. The molecule has 0 bridgehead atoms. The lowest BCUT2D eigenvalue weighted by atomic mass is 10.2. The first-order valence-electron chi connectivity index (χ1n) is 4.02. The van der Waals surface area contributed by atoms with Crippen molar-refractivity contribution in [3.05, 3.63) is 35.9 Å². The van der Waals surface area contributed by atoms with Crippen LogP contribution >= 0.6 is 24.0 Å². The van der Waals surface area contributed by atoms with E-state index in [1.54, 1.807) is 11.8 Å². The van der Waals surface area contributed by atoms with E-state index in [2.05, 4.69) is 17.6 Å². The van der Waals surface area contributed by atoms with Crippen LogP contribution in [-0.4, -0.2) is 16.4 Å². The predicted octanol–water partition coefficient (Wildman–Crippen LogP) is 2.15. The zero-order valence-electron chi connectivity index (χ0n) is 7.23. The largest absolute Gasteiger partial charge is 0.303 e. The molecular weight excluding hydrogens is 200 g/mol. The Kier molecular flexibility index (Phi) is 2.53. The average Bonchev–Trinajstić information content (AvgIpc) is 2.47. The van der Waals surface area contributed by atoms with Gasteiger partial charge >= 0.3 is 0 Å². The fraction of sp³-hybridized carbons (Fsp3) is 0.222. The van der Waals surface area contributed by atoms with Crippen molar-refractivity contribution < 1.29 is 0 Å². The summed E-state index contributed by atoms with van der Waals surface area (Å²) in [6.45, 7) is 0. The zero-order valence-corrected chi connectivity index (χ0v) is 8.86. The zero-order chi connectivity index (χ0) is 9.26. The molecule has 0 spiro atoms. The Bertz CT molecular complexity index is 313. The number of hydrogen-bond donors (Lipinski definition) is 1. The average molecular weight is 210 g/mol. The number of thioether (sulfide) groups is 1. The Morgan fingerprint density at radius 1 is 1.38 bits per heavy atom. The first-order valence-corrected chi connectivity index (χ1v) is 5.31. The highest BCUT2D eigenvalue weighted by Gasteiger charge is 2.26. The second-order valence-corrected chi connectivity index (χ2v) is 4.65. The van der Waals surface area contributed by atoms with Crippen LogP contribution in [0.2, 0.25) is 0 Å². The van der Waals surface area contributed by atoms with Crippen LogP contribution < -0.4 is 5.43 Å². The minimum atomic E-state index is 0.314. The number of rotatable bonds is 1. The molecule has 13 heavy (non-hydrogen) atoms. The van der Waals surface area contributed by atoms with Crippen molar-refractivity contribution in [3.8, 4) is 0 Å². The number of benzene rings is 1. The lowest BCUT2D eigenvalue weighted by molar-refractivity contribution is 0.292. The molecule has 1 aliphatic heterocycles. The van der Waals surface area contributed by atoms with Crippen LogP contribution in [-0.2, 0) is 0 Å². The van der Waals surface area contributed by atoms with Crippen molar-refractivity contribution in [1.29, 1.82) is 0 Å². The van der Waals surface area contributed by atoms with Gasteiger partial charge in [0.2, 0.25) is 0 Å². The van der Waals surface area contributed by atoms with Gasteiger partial charge in [-0.2, -0.15) is 0 Å². The lowest BCUT2D eigenvalue weighted by Gasteiger charge is -2.16. The summed E-state index contributed by atoms with van der Waals surface area (Å²) in [5.74, 6) is 0. The van der Waals surface area contributed by atoms with Crippen molar-refractivity contribution in [3.63, 3.8) is 0 Å². The minimum Gasteiger partial charge on any atom is -0.303 e. The number of thiocarbonyl (C=S) groups is 1. The van der Waals surface area contributed by atoms with Crippen molar-refractivity contribution in [1.82, 2.24) is 10.4 Å². The highest BCUT2D eigenvalue weighted by Crippen LogP contribution is 2.35. The first kappa shape index (κ1) is 8.99. The molecule has 0 radical (unpaired) electrons. The predicted molar refractivity (Wildman–Crippen MR) is 60.3 cm³/mol. The molecule has 1 N–H and O–H groups in total. The molecule has 1 aliphatic rings. The maximum atomic E-state index is 5.08. The van der Waals surface area contributed by atoms with E-state index in [-0.39, 0.29) is 0 Å². The molecule has 2 rings (SSSR count). The summed E-state index contributed by atoms with van der Waals surface area (Å²) in [6, 6.07) is 10.3. The van der Waals surface area contributed by atoms with E-state index in [9.17, 15) is 0 Å². The molecule has 0 aromatic heterocycles. The normalized spacial score (nSPS) is 23.2. The molecule has 0 amide bonds. The van der Waals surface area contributed by atoms with Gasteiger partial charge in [-0.25, -0.2) is 5.01 Å². The molecule has 1 atom stereocenters. The Labute approximate surface area is 87.3 Å². The fourth-order valence-corrected chi connectivity index (χ4v) is 2.64. The number of hydrazine groups is 1. The standard InChI is InChI=1S/C9H10N2S2/c1-11-8(13-9(12)10-11)7-5-3-2-4-6-7/h2-6,8H,1H3,(H,10,12). The summed E-state index contributed by atoms with van der Waals surface area (Å²) >= 11 is 6.76. The van der Waals surface area contributed by atoms with Gasteiger partial charge in [0.15, 0.2) is 0 Å². The highest BCUT2D eigenvalue weighted by molar-refractivity contribution is 8.23. The number of nitrogens with zero attached hydrogens (tertiary/aromatic N) is 1. The van der Waals surface area contributed by atoms with Gasteiger partial charge in [-0.3, -0.25) is 0 Å². The Balaban J connectivity index is 2.23. The van der Waals surface area contributed by atoms with Crippen molar-refractivity contribution in [2.45, 2.75) is 5.37 Å². The van der Waals surface area contributed by atoms with Gasteiger partial charge < -0.3 is 5.43 Å². The minimum absolute atomic E-state index is 0.314. The van der Waals surface area contributed by atoms with Gasteiger partial charge in [-0.15, -0.1) is 0 Å². The summed E-state index contributed by atoms with van der Waals surface area (Å²) in [4.78, 5) is 0. The monoisotopic (exact) mass is 210 g/mol. The van der Waals surface area contributed by atoms with E-state index in [0.717, 1.165) is 4.32 Å². The summed E-state index contributed by atoms with van der Waals surface area (Å²) < 4.78 is 0.844. The molecule has 1 unspecified atom stereocenters. The van der Waals surface area contributed by atoms with Crippen molar-refractivity contribution in [2.24, 2.45) is 0 Å². The summed E-state index contributed by atoms with van der Waals surface area (Å²) in [7, 11) is 2.00. The van der Waals surface area contributed by atoms with Gasteiger partial charge in [0.25, 0.3) is 0 Å². The SMILES string of the molecule is CN1NC(=S)SC1c1ccccc1. The highest BCUT2D eigenvalue weighted by atomic mass is 32.2. The molecular formula is C9H10N2S2. The van der Waals surface area contributed by atoms with E-state index in [0.29, 0.717) is 5.37 Å². The summed E-state index contributed by atoms with van der Waals surface area (Å²) in [5, 5.41) is 2.34. The smallest absolute Gasteiger partial charge is 0.150 e. The third-order valence-corrected chi connectivity index (χ3v) is 3.42. The van der Waals surface area contributed by atoms with E-state index >= 15 is 0 Å². The Hall–Kier alpha value is -0.580. The van der Waals surface area contributed by atoms with Crippen LogP contribution in [0.15, 0.2) is 30.3 Å². The second kappa shape index (κ2) is 3.65. The molecule has 1 heterocycles. The van der Waals surface area contributed by atoms with Gasteiger partial charge in [0, 0.05) is 7.05 Å². The quantitative estimate of drug-likeness (QED) is 0.714. The molecule has 1 aromatic rings. The fourth-order valence-electron chi connectivity index (χ4n) is 1.32. The van der Waals surface area contributed by atoms with Crippen LogP contribution in [0.25, 0.3) is 0 Å². The lowest BCUT2D eigenvalue weighted by Crippen LogP contribution is -2.29. The number of hydrogen-bond acceptors (Lipinski definition) is 3. The van der Waals surface area contributed by atoms with Gasteiger partial charge in [-0.1, -0.05) is 54.3 Å². The maximum Gasteiger partial charge on any atom is 0.150 e. The van der Waals surface area contributed by atoms with E-state index in [1.807, 2.05) is 30.3 Å². The third-order valence-electron chi connectivity index (χ3n) is 1.92. The molecule has 68 valence electrons. The Morgan fingerprint density at radius 3 is 2.62 bits per heavy atom. The van der Waals surface area contributed by atoms with Crippen LogP contribution in [0.3, 0.4) is 0 Å². The van der Waals surface area contributed by atoms with Crippen LogP contribution in [0.5, 0.6) is 0 Å². The molecule has 1 fully saturated rings. The maximum absolute atomic E-state index is 5.08. The summed E-state index contributed by atoms with van der Waals surface area (Å²) in [6.07, 6.45) is 0. The number of nitrogens with one attached hydrogen (secondary N) is 1. The molecule has 0 aliphatic carbocycles.